The van der Waals surface area contributed by atoms with Crippen molar-refractivity contribution in [2.45, 2.75) is 6.54 Å². The Morgan fingerprint density at radius 1 is 1.00 bits per heavy atom. The van der Waals surface area contributed by atoms with Crippen LogP contribution in [-0.2, 0) is 6.54 Å². The number of amides is 1. The Morgan fingerprint density at radius 2 is 1.76 bits per heavy atom. The molecule has 0 fully saturated rings. The van der Waals surface area contributed by atoms with Gasteiger partial charge in [-0.05, 0) is 42.0 Å². The van der Waals surface area contributed by atoms with E-state index < -0.39 is 0 Å². The van der Waals surface area contributed by atoms with Crippen LogP contribution in [0.1, 0.15) is 15.9 Å². The summed E-state index contributed by atoms with van der Waals surface area (Å²) < 4.78 is 0. The minimum atomic E-state index is -0.245. The smallest absolute Gasteiger partial charge is 0.255 e. The predicted octanol–water partition coefficient (Wildman–Crippen LogP) is 5.25. The Kier molecular flexibility index (Phi) is 5.53. The minimum Gasteiger partial charge on any atom is -0.366 e. The number of rotatable bonds is 5. The summed E-state index contributed by atoms with van der Waals surface area (Å²) in [6, 6.07) is 18.0. The summed E-state index contributed by atoms with van der Waals surface area (Å²) in [4.78, 5) is 16.6. The van der Waals surface area contributed by atoms with Gasteiger partial charge in [-0.1, -0.05) is 47.5 Å². The zero-order chi connectivity index (χ0) is 17.6. The molecule has 1 amide bonds. The summed E-state index contributed by atoms with van der Waals surface area (Å²) in [6.07, 6.45) is 1.59. The summed E-state index contributed by atoms with van der Waals surface area (Å²) in [5.41, 5.74) is 2.13. The number of hydrogen-bond donors (Lipinski definition) is 2. The van der Waals surface area contributed by atoms with Crippen LogP contribution < -0.4 is 10.6 Å². The summed E-state index contributed by atoms with van der Waals surface area (Å²) >= 11 is 11.9. The molecule has 126 valence electrons. The molecule has 0 aliphatic carbocycles. The van der Waals surface area contributed by atoms with E-state index in [0.717, 1.165) is 5.56 Å². The molecule has 0 saturated carbocycles. The van der Waals surface area contributed by atoms with E-state index in [4.69, 9.17) is 23.2 Å². The van der Waals surface area contributed by atoms with E-state index in [1.54, 1.807) is 30.5 Å². The number of carbonyl (C=O) groups is 1. The third-order valence-electron chi connectivity index (χ3n) is 3.53. The first-order valence-electron chi connectivity index (χ1n) is 7.62. The van der Waals surface area contributed by atoms with E-state index in [0.29, 0.717) is 33.7 Å². The zero-order valence-corrected chi connectivity index (χ0v) is 14.7. The standard InChI is InChI=1S/C19H15Cl2N3O/c20-15-7-5-13(6-8-15)12-23-18-11-14(9-10-22-18)19(25)24-17-4-2-1-3-16(17)21/h1-11H,12H2,(H,22,23)(H,24,25). The van der Waals surface area contributed by atoms with Crippen molar-refractivity contribution in [1.82, 2.24) is 4.98 Å². The average Bonchev–Trinajstić information content (AvgIpc) is 2.63. The molecule has 0 radical (unpaired) electrons. The van der Waals surface area contributed by atoms with Gasteiger partial charge in [0.15, 0.2) is 0 Å². The number of aromatic nitrogens is 1. The van der Waals surface area contributed by atoms with Crippen molar-refractivity contribution in [1.29, 1.82) is 0 Å². The van der Waals surface area contributed by atoms with E-state index in [9.17, 15) is 4.79 Å². The number of halogens is 2. The first-order valence-corrected chi connectivity index (χ1v) is 8.38. The van der Waals surface area contributed by atoms with E-state index in [-0.39, 0.29) is 5.91 Å². The van der Waals surface area contributed by atoms with Gasteiger partial charge in [0.05, 0.1) is 10.7 Å². The first-order chi connectivity index (χ1) is 12.1. The highest BCUT2D eigenvalue weighted by atomic mass is 35.5. The molecule has 0 spiro atoms. The molecule has 0 bridgehead atoms. The maximum Gasteiger partial charge on any atom is 0.255 e. The van der Waals surface area contributed by atoms with Gasteiger partial charge in [0.25, 0.3) is 5.91 Å². The number of pyridine rings is 1. The highest BCUT2D eigenvalue weighted by molar-refractivity contribution is 6.33. The molecule has 0 atom stereocenters. The molecule has 0 saturated heterocycles. The molecule has 3 rings (SSSR count). The van der Waals surface area contributed by atoms with Crippen LogP contribution in [0.2, 0.25) is 10.0 Å². The van der Waals surface area contributed by atoms with Crippen molar-refractivity contribution in [2.75, 3.05) is 10.6 Å². The summed E-state index contributed by atoms with van der Waals surface area (Å²) in [6.45, 7) is 0.583. The maximum atomic E-state index is 12.4. The molecule has 4 nitrogen and oxygen atoms in total. The molecule has 2 aromatic carbocycles. The lowest BCUT2D eigenvalue weighted by molar-refractivity contribution is 0.102. The fourth-order valence-electron chi connectivity index (χ4n) is 2.22. The predicted molar refractivity (Wildman–Crippen MR) is 102 cm³/mol. The highest BCUT2D eigenvalue weighted by Crippen LogP contribution is 2.21. The van der Waals surface area contributed by atoms with Gasteiger partial charge >= 0.3 is 0 Å². The Morgan fingerprint density at radius 3 is 2.52 bits per heavy atom. The van der Waals surface area contributed by atoms with Gasteiger partial charge in [-0.15, -0.1) is 0 Å². The topological polar surface area (TPSA) is 54.0 Å². The number of nitrogens with one attached hydrogen (secondary N) is 2. The monoisotopic (exact) mass is 371 g/mol. The zero-order valence-electron chi connectivity index (χ0n) is 13.2. The molecule has 1 aromatic heterocycles. The van der Waals surface area contributed by atoms with E-state index >= 15 is 0 Å². The molecule has 3 aromatic rings. The molecular formula is C19H15Cl2N3O. The van der Waals surface area contributed by atoms with E-state index in [2.05, 4.69) is 15.6 Å². The van der Waals surface area contributed by atoms with Crippen molar-refractivity contribution in [2.24, 2.45) is 0 Å². The summed E-state index contributed by atoms with van der Waals surface area (Å²) in [7, 11) is 0. The van der Waals surface area contributed by atoms with Crippen LogP contribution >= 0.6 is 23.2 Å². The van der Waals surface area contributed by atoms with Crippen LogP contribution in [0.4, 0.5) is 11.5 Å². The Balaban J connectivity index is 1.67. The van der Waals surface area contributed by atoms with Crippen LogP contribution in [0.15, 0.2) is 66.9 Å². The molecule has 0 aliphatic rings. The second-order valence-corrected chi connectivity index (χ2v) is 6.19. The lowest BCUT2D eigenvalue weighted by Gasteiger charge is -2.09. The molecular weight excluding hydrogens is 357 g/mol. The molecule has 1 heterocycles. The molecule has 2 N–H and O–H groups in total. The van der Waals surface area contributed by atoms with Gasteiger partial charge in [-0.2, -0.15) is 0 Å². The van der Waals surface area contributed by atoms with Crippen molar-refractivity contribution in [3.05, 3.63) is 88.0 Å². The maximum absolute atomic E-state index is 12.4. The van der Waals surface area contributed by atoms with Gasteiger partial charge in [0.1, 0.15) is 5.82 Å². The van der Waals surface area contributed by atoms with Crippen molar-refractivity contribution >= 4 is 40.6 Å². The third kappa shape index (κ3) is 4.72. The van der Waals surface area contributed by atoms with Crippen molar-refractivity contribution in [3.8, 4) is 0 Å². The van der Waals surface area contributed by atoms with Gasteiger partial charge in [0, 0.05) is 23.3 Å². The Labute approximate surface area is 155 Å². The third-order valence-corrected chi connectivity index (χ3v) is 4.11. The second-order valence-electron chi connectivity index (χ2n) is 5.34. The fraction of sp³-hybridized carbons (Fsp3) is 0.0526. The molecule has 0 unspecified atom stereocenters. The fourth-order valence-corrected chi connectivity index (χ4v) is 2.53. The minimum absolute atomic E-state index is 0.245. The van der Waals surface area contributed by atoms with Crippen LogP contribution in [-0.4, -0.2) is 10.9 Å². The van der Waals surface area contributed by atoms with E-state index in [1.165, 1.54) is 0 Å². The largest absolute Gasteiger partial charge is 0.366 e. The van der Waals surface area contributed by atoms with Gasteiger partial charge < -0.3 is 10.6 Å². The number of para-hydroxylation sites is 1. The molecule has 0 aliphatic heterocycles. The summed E-state index contributed by atoms with van der Waals surface area (Å²) in [5.74, 6) is 0.367. The normalized spacial score (nSPS) is 10.3. The van der Waals surface area contributed by atoms with Crippen LogP contribution in [0.3, 0.4) is 0 Å². The number of anilines is 2. The van der Waals surface area contributed by atoms with Gasteiger partial charge in [-0.3, -0.25) is 4.79 Å². The number of hydrogen-bond acceptors (Lipinski definition) is 3. The number of benzene rings is 2. The van der Waals surface area contributed by atoms with Crippen LogP contribution in [0, 0.1) is 0 Å². The summed E-state index contributed by atoms with van der Waals surface area (Å²) in [5, 5.41) is 7.17. The highest BCUT2D eigenvalue weighted by Gasteiger charge is 2.09. The number of nitrogens with zero attached hydrogens (tertiary/aromatic N) is 1. The Hall–Kier alpha value is -2.56. The molecule has 25 heavy (non-hydrogen) atoms. The lowest BCUT2D eigenvalue weighted by atomic mass is 10.2. The Bertz CT molecular complexity index is 882. The quantitative estimate of drug-likeness (QED) is 0.643. The molecule has 6 heteroatoms. The number of carbonyl (C=O) groups excluding carboxylic acids is 1. The van der Waals surface area contributed by atoms with Crippen LogP contribution in [0.25, 0.3) is 0 Å². The first kappa shape index (κ1) is 17.3. The van der Waals surface area contributed by atoms with Crippen molar-refractivity contribution < 1.29 is 4.79 Å². The van der Waals surface area contributed by atoms with Crippen molar-refractivity contribution in [3.63, 3.8) is 0 Å². The van der Waals surface area contributed by atoms with Crippen LogP contribution in [0.5, 0.6) is 0 Å². The second kappa shape index (κ2) is 8.01. The lowest BCUT2D eigenvalue weighted by Crippen LogP contribution is -2.13. The van der Waals surface area contributed by atoms with E-state index in [1.807, 2.05) is 36.4 Å². The van der Waals surface area contributed by atoms with Gasteiger partial charge in [-0.25, -0.2) is 4.98 Å². The average molecular weight is 372 g/mol. The van der Waals surface area contributed by atoms with Gasteiger partial charge in [0.2, 0.25) is 0 Å². The SMILES string of the molecule is O=C(Nc1ccccc1Cl)c1ccnc(NCc2ccc(Cl)cc2)c1.